The van der Waals surface area contributed by atoms with Gasteiger partial charge < -0.3 is 4.74 Å². The Hall–Kier alpha value is -1.80. The zero-order valence-corrected chi connectivity index (χ0v) is 13.1. The summed E-state index contributed by atoms with van der Waals surface area (Å²) in [5, 5.41) is 0.729. The van der Waals surface area contributed by atoms with E-state index in [2.05, 4.69) is 6.92 Å². The van der Waals surface area contributed by atoms with E-state index in [0.717, 1.165) is 22.8 Å². The van der Waals surface area contributed by atoms with Gasteiger partial charge in [0.05, 0.1) is 7.11 Å². The van der Waals surface area contributed by atoms with Gasteiger partial charge in [0, 0.05) is 17.0 Å². The number of hydrogen-bond acceptors (Lipinski definition) is 2. The minimum absolute atomic E-state index is 0.129. The Balaban J connectivity index is 2.14. The van der Waals surface area contributed by atoms with Crippen molar-refractivity contribution >= 4 is 17.4 Å². The minimum Gasteiger partial charge on any atom is -0.497 e. The molecule has 0 amide bonds. The second kappa shape index (κ2) is 7.28. The molecule has 0 bridgehead atoms. The summed E-state index contributed by atoms with van der Waals surface area (Å²) < 4.78 is 5.11. The first-order valence-electron chi connectivity index (χ1n) is 7.07. The number of carbonyl (C=O) groups is 1. The molecule has 0 spiro atoms. The fourth-order valence-electron chi connectivity index (χ4n) is 2.40. The Labute approximate surface area is 130 Å². The molecule has 3 heteroatoms. The summed E-state index contributed by atoms with van der Waals surface area (Å²) in [5.74, 6) is 1.03. The lowest BCUT2D eigenvalue weighted by Crippen LogP contribution is -2.07. The van der Waals surface area contributed by atoms with Crippen molar-refractivity contribution in [2.75, 3.05) is 7.11 Å². The van der Waals surface area contributed by atoms with Crippen molar-refractivity contribution in [3.8, 4) is 5.75 Å². The molecule has 0 heterocycles. The molecule has 0 saturated carbocycles. The zero-order chi connectivity index (χ0) is 15.2. The van der Waals surface area contributed by atoms with Crippen LogP contribution in [0.3, 0.4) is 0 Å². The van der Waals surface area contributed by atoms with Crippen LogP contribution >= 0.6 is 11.6 Å². The average molecular weight is 303 g/mol. The van der Waals surface area contributed by atoms with Gasteiger partial charge >= 0.3 is 0 Å². The van der Waals surface area contributed by atoms with Crippen molar-refractivity contribution in [1.82, 2.24) is 0 Å². The van der Waals surface area contributed by atoms with Gasteiger partial charge in [-0.25, -0.2) is 0 Å². The van der Waals surface area contributed by atoms with Crippen LogP contribution in [0.2, 0.25) is 5.02 Å². The van der Waals surface area contributed by atoms with Crippen LogP contribution in [-0.4, -0.2) is 12.9 Å². The lowest BCUT2D eigenvalue weighted by atomic mass is 9.89. The van der Waals surface area contributed by atoms with Crippen LogP contribution in [0.1, 0.15) is 41.6 Å². The maximum Gasteiger partial charge on any atom is 0.163 e. The van der Waals surface area contributed by atoms with Gasteiger partial charge in [0.1, 0.15) is 5.75 Å². The summed E-state index contributed by atoms with van der Waals surface area (Å²) in [6.45, 7) is 2.08. The van der Waals surface area contributed by atoms with Gasteiger partial charge in [0.25, 0.3) is 0 Å². The number of halogens is 1. The van der Waals surface area contributed by atoms with E-state index >= 15 is 0 Å². The van der Waals surface area contributed by atoms with Crippen LogP contribution in [0, 0.1) is 0 Å². The average Bonchev–Trinajstić information content (AvgIpc) is 2.53. The first-order valence-corrected chi connectivity index (χ1v) is 7.45. The van der Waals surface area contributed by atoms with Crippen LogP contribution in [0.25, 0.3) is 0 Å². The highest BCUT2D eigenvalue weighted by Gasteiger charge is 2.17. The van der Waals surface area contributed by atoms with Crippen molar-refractivity contribution in [2.45, 2.75) is 25.7 Å². The van der Waals surface area contributed by atoms with E-state index < -0.39 is 0 Å². The van der Waals surface area contributed by atoms with Crippen molar-refractivity contribution < 1.29 is 9.53 Å². The highest BCUT2D eigenvalue weighted by atomic mass is 35.5. The van der Waals surface area contributed by atoms with E-state index in [-0.39, 0.29) is 11.7 Å². The molecule has 0 aliphatic rings. The smallest absolute Gasteiger partial charge is 0.163 e. The zero-order valence-electron chi connectivity index (χ0n) is 12.3. The predicted octanol–water partition coefficient (Wildman–Crippen LogP) is 5.12. The summed E-state index contributed by atoms with van der Waals surface area (Å²) in [5.41, 5.74) is 1.75. The molecule has 2 rings (SSSR count). The number of ether oxygens (including phenoxy) is 1. The second-order valence-corrected chi connectivity index (χ2v) is 5.39. The quantitative estimate of drug-likeness (QED) is 0.693. The number of Topliss-reactive ketones (excluding diaryl/α,β-unsaturated/α-hetero) is 1. The maximum atomic E-state index is 12.4. The van der Waals surface area contributed by atoms with Crippen LogP contribution in [0.15, 0.2) is 48.5 Å². The molecule has 0 aromatic heterocycles. The first-order chi connectivity index (χ1) is 10.2. The van der Waals surface area contributed by atoms with E-state index in [1.807, 2.05) is 36.4 Å². The fourth-order valence-corrected chi connectivity index (χ4v) is 2.69. The molecule has 2 aromatic carbocycles. The molecule has 1 atom stereocenters. The van der Waals surface area contributed by atoms with E-state index in [1.165, 1.54) is 0 Å². The molecule has 21 heavy (non-hydrogen) atoms. The van der Waals surface area contributed by atoms with Gasteiger partial charge in [-0.15, -0.1) is 0 Å². The molecular formula is C18H19ClO2. The molecule has 0 radical (unpaired) electrons. The van der Waals surface area contributed by atoms with E-state index in [0.29, 0.717) is 12.0 Å². The molecule has 0 N–H and O–H groups in total. The van der Waals surface area contributed by atoms with E-state index in [4.69, 9.17) is 16.3 Å². The number of benzene rings is 2. The topological polar surface area (TPSA) is 26.3 Å². The molecule has 0 aliphatic carbocycles. The maximum absolute atomic E-state index is 12.4. The van der Waals surface area contributed by atoms with Crippen molar-refractivity contribution in [3.05, 3.63) is 64.7 Å². The van der Waals surface area contributed by atoms with Crippen LogP contribution in [0.4, 0.5) is 0 Å². The Morgan fingerprint density at radius 1 is 1.14 bits per heavy atom. The Bertz CT molecular complexity index is 605. The molecule has 0 saturated heterocycles. The monoisotopic (exact) mass is 302 g/mol. The third kappa shape index (κ3) is 3.85. The van der Waals surface area contributed by atoms with Gasteiger partial charge in [0.15, 0.2) is 5.78 Å². The summed E-state index contributed by atoms with van der Waals surface area (Å²) in [6, 6.07) is 15.0. The first kappa shape index (κ1) is 15.6. The predicted molar refractivity (Wildman–Crippen MR) is 86.4 cm³/mol. The standard InChI is InChI=1S/C18H19ClO2/c1-3-13(16-6-4-5-7-17(16)19)12-18(20)14-8-10-15(21-2)11-9-14/h4-11,13H,3,12H2,1-2H3/t13-/m0/s1. The molecule has 2 aromatic rings. The Kier molecular flexibility index (Phi) is 5.40. The second-order valence-electron chi connectivity index (χ2n) is 4.98. The molecule has 0 unspecified atom stereocenters. The van der Waals surface area contributed by atoms with Gasteiger partial charge in [-0.05, 0) is 48.2 Å². The molecule has 0 fully saturated rings. The van der Waals surface area contributed by atoms with Crippen molar-refractivity contribution in [2.24, 2.45) is 0 Å². The minimum atomic E-state index is 0.129. The van der Waals surface area contributed by atoms with Crippen molar-refractivity contribution in [3.63, 3.8) is 0 Å². The Morgan fingerprint density at radius 3 is 2.38 bits per heavy atom. The van der Waals surface area contributed by atoms with Crippen LogP contribution in [-0.2, 0) is 0 Å². The summed E-state index contributed by atoms with van der Waals surface area (Å²) in [6.07, 6.45) is 1.35. The number of methoxy groups -OCH3 is 1. The normalized spacial score (nSPS) is 12.0. The lowest BCUT2D eigenvalue weighted by Gasteiger charge is -2.16. The molecule has 110 valence electrons. The Morgan fingerprint density at radius 2 is 1.81 bits per heavy atom. The summed E-state index contributed by atoms with van der Waals surface area (Å²) >= 11 is 6.24. The SMILES string of the molecule is CC[C@@H](CC(=O)c1ccc(OC)cc1)c1ccccc1Cl. The van der Waals surface area contributed by atoms with Gasteiger partial charge in [-0.3, -0.25) is 4.79 Å². The number of ketones is 1. The lowest BCUT2D eigenvalue weighted by molar-refractivity contribution is 0.0973. The number of rotatable bonds is 6. The highest BCUT2D eigenvalue weighted by Crippen LogP contribution is 2.30. The highest BCUT2D eigenvalue weighted by molar-refractivity contribution is 6.31. The summed E-state index contributed by atoms with van der Waals surface area (Å²) in [7, 11) is 1.61. The summed E-state index contributed by atoms with van der Waals surface area (Å²) in [4.78, 5) is 12.4. The van der Waals surface area contributed by atoms with E-state index in [1.54, 1.807) is 19.2 Å². The van der Waals surface area contributed by atoms with Crippen molar-refractivity contribution in [1.29, 1.82) is 0 Å². The van der Waals surface area contributed by atoms with Gasteiger partial charge in [-0.1, -0.05) is 36.7 Å². The van der Waals surface area contributed by atoms with Gasteiger partial charge in [0.2, 0.25) is 0 Å². The number of hydrogen-bond donors (Lipinski definition) is 0. The fraction of sp³-hybridized carbons (Fsp3) is 0.278. The number of carbonyl (C=O) groups excluding carboxylic acids is 1. The molecule has 2 nitrogen and oxygen atoms in total. The molecule has 0 aliphatic heterocycles. The largest absolute Gasteiger partial charge is 0.497 e. The van der Waals surface area contributed by atoms with E-state index in [9.17, 15) is 4.79 Å². The van der Waals surface area contributed by atoms with Gasteiger partial charge in [-0.2, -0.15) is 0 Å². The van der Waals surface area contributed by atoms with Crippen LogP contribution < -0.4 is 4.74 Å². The molecular weight excluding hydrogens is 284 g/mol. The third-order valence-corrected chi connectivity index (χ3v) is 4.03. The third-order valence-electron chi connectivity index (χ3n) is 3.68. The van der Waals surface area contributed by atoms with Crippen LogP contribution in [0.5, 0.6) is 5.75 Å².